The van der Waals surface area contributed by atoms with Crippen molar-refractivity contribution in [2.45, 2.75) is 24.3 Å². The highest BCUT2D eigenvalue weighted by Crippen LogP contribution is 2.26. The minimum absolute atomic E-state index is 0.212. The fourth-order valence-electron chi connectivity index (χ4n) is 2.42. The lowest BCUT2D eigenvalue weighted by Crippen LogP contribution is -2.23. The van der Waals surface area contributed by atoms with Gasteiger partial charge in [0, 0.05) is 24.1 Å². The minimum Gasteiger partial charge on any atom is -0.325 e. The molecule has 3 rings (SSSR count). The molecule has 26 heavy (non-hydrogen) atoms. The van der Waals surface area contributed by atoms with Gasteiger partial charge < -0.3 is 5.32 Å². The number of benzene rings is 2. The van der Waals surface area contributed by atoms with Crippen molar-refractivity contribution in [1.82, 2.24) is 9.55 Å². The number of hydrogen-bond acceptors (Lipinski definition) is 3. The predicted molar refractivity (Wildman–Crippen MR) is 98.6 cm³/mol. The van der Waals surface area contributed by atoms with E-state index in [-0.39, 0.29) is 11.6 Å². The minimum atomic E-state index is -1.00. The summed E-state index contributed by atoms with van der Waals surface area (Å²) in [7, 11) is 0. The Morgan fingerprint density at radius 2 is 1.96 bits per heavy atom. The summed E-state index contributed by atoms with van der Waals surface area (Å²) < 4.78 is 28.2. The van der Waals surface area contributed by atoms with Crippen LogP contribution >= 0.6 is 11.8 Å². The smallest absolute Gasteiger partial charge is 0.237 e. The molecule has 1 amide bonds. The number of para-hydroxylation sites is 1. The van der Waals surface area contributed by atoms with Gasteiger partial charge in [-0.2, -0.15) is 0 Å². The highest BCUT2D eigenvalue weighted by Gasteiger charge is 2.19. The van der Waals surface area contributed by atoms with Crippen molar-refractivity contribution in [2.75, 3.05) is 5.32 Å². The molecule has 0 radical (unpaired) electrons. The van der Waals surface area contributed by atoms with Crippen LogP contribution in [0.3, 0.4) is 0 Å². The number of carbonyl (C=O) groups is 1. The van der Waals surface area contributed by atoms with Crippen LogP contribution in [-0.4, -0.2) is 20.7 Å². The van der Waals surface area contributed by atoms with E-state index in [1.807, 2.05) is 42.0 Å². The molecule has 1 unspecified atom stereocenters. The molecule has 0 saturated carbocycles. The first-order valence-corrected chi connectivity index (χ1v) is 8.85. The fraction of sp³-hybridized carbons (Fsp3) is 0.158. The van der Waals surface area contributed by atoms with Crippen molar-refractivity contribution >= 4 is 23.4 Å². The molecule has 0 bridgehead atoms. The van der Waals surface area contributed by atoms with Gasteiger partial charge in [-0.15, -0.1) is 0 Å². The van der Waals surface area contributed by atoms with Crippen LogP contribution in [0, 0.1) is 18.6 Å². The highest BCUT2D eigenvalue weighted by atomic mass is 32.2. The zero-order valence-electron chi connectivity index (χ0n) is 14.2. The largest absolute Gasteiger partial charge is 0.325 e. The average Bonchev–Trinajstić information content (AvgIpc) is 3.06. The maximum atomic E-state index is 13.3. The summed E-state index contributed by atoms with van der Waals surface area (Å²) in [6.45, 7) is 3.74. The van der Waals surface area contributed by atoms with E-state index >= 15 is 0 Å². The third kappa shape index (κ3) is 3.94. The summed E-state index contributed by atoms with van der Waals surface area (Å²) in [4.78, 5) is 16.7. The van der Waals surface area contributed by atoms with Gasteiger partial charge in [-0.3, -0.25) is 9.36 Å². The van der Waals surface area contributed by atoms with E-state index in [4.69, 9.17) is 0 Å². The van der Waals surface area contributed by atoms with Gasteiger partial charge in [0.2, 0.25) is 5.91 Å². The Morgan fingerprint density at radius 3 is 2.69 bits per heavy atom. The fourth-order valence-corrected chi connectivity index (χ4v) is 3.30. The van der Waals surface area contributed by atoms with Crippen molar-refractivity contribution in [3.8, 4) is 5.69 Å². The van der Waals surface area contributed by atoms with Gasteiger partial charge in [0.25, 0.3) is 0 Å². The van der Waals surface area contributed by atoms with Crippen molar-refractivity contribution in [2.24, 2.45) is 0 Å². The number of anilines is 1. The number of halogens is 2. The van der Waals surface area contributed by atoms with Gasteiger partial charge in [-0.05, 0) is 37.6 Å². The molecule has 0 aliphatic rings. The topological polar surface area (TPSA) is 46.9 Å². The Hall–Kier alpha value is -2.67. The monoisotopic (exact) mass is 373 g/mol. The second-order valence-corrected chi connectivity index (χ2v) is 7.05. The van der Waals surface area contributed by atoms with Crippen LogP contribution in [0.2, 0.25) is 0 Å². The molecule has 134 valence electrons. The van der Waals surface area contributed by atoms with E-state index in [9.17, 15) is 13.6 Å². The summed E-state index contributed by atoms with van der Waals surface area (Å²) in [5, 5.41) is 2.78. The lowest BCUT2D eigenvalue weighted by atomic mass is 10.2. The number of carbonyl (C=O) groups excluding carboxylic acids is 1. The van der Waals surface area contributed by atoms with Crippen LogP contribution in [0.15, 0.2) is 60.0 Å². The van der Waals surface area contributed by atoms with Gasteiger partial charge in [0.15, 0.2) is 16.8 Å². The number of nitrogens with one attached hydrogen (secondary N) is 1. The average molecular weight is 373 g/mol. The van der Waals surface area contributed by atoms with E-state index < -0.39 is 16.9 Å². The number of imidazole rings is 1. The van der Waals surface area contributed by atoms with Crippen LogP contribution in [0.1, 0.15) is 12.5 Å². The molecule has 1 heterocycles. The first-order valence-electron chi connectivity index (χ1n) is 7.97. The predicted octanol–water partition coefficient (Wildman–Crippen LogP) is 4.58. The Kier molecular flexibility index (Phi) is 5.37. The van der Waals surface area contributed by atoms with Crippen molar-refractivity contribution in [3.63, 3.8) is 0 Å². The summed E-state index contributed by atoms with van der Waals surface area (Å²) in [6.07, 6.45) is 3.51. The lowest BCUT2D eigenvalue weighted by Gasteiger charge is -2.14. The van der Waals surface area contributed by atoms with E-state index in [2.05, 4.69) is 10.3 Å². The molecular formula is C19H17F2N3OS. The molecule has 0 fully saturated rings. The third-order valence-corrected chi connectivity index (χ3v) is 4.90. The Morgan fingerprint density at radius 1 is 1.19 bits per heavy atom. The quantitative estimate of drug-likeness (QED) is 0.666. The second kappa shape index (κ2) is 7.70. The van der Waals surface area contributed by atoms with E-state index in [1.54, 1.807) is 13.1 Å². The van der Waals surface area contributed by atoms with E-state index in [1.165, 1.54) is 17.8 Å². The SMILES string of the molecule is Cc1ccccc1-n1ccnc1SC(C)C(=O)Nc1ccc(F)c(F)c1. The normalized spacial score (nSPS) is 12.0. The zero-order valence-corrected chi connectivity index (χ0v) is 15.1. The molecular weight excluding hydrogens is 356 g/mol. The number of thioether (sulfide) groups is 1. The van der Waals surface area contributed by atoms with E-state index in [0.717, 1.165) is 23.4 Å². The Balaban J connectivity index is 1.73. The molecule has 0 aliphatic carbocycles. The van der Waals surface area contributed by atoms with Gasteiger partial charge >= 0.3 is 0 Å². The third-order valence-electron chi connectivity index (χ3n) is 3.82. The van der Waals surface area contributed by atoms with Crippen LogP contribution in [0.5, 0.6) is 0 Å². The summed E-state index contributed by atoms with van der Waals surface area (Å²) in [5.41, 5.74) is 2.29. The van der Waals surface area contributed by atoms with Crippen LogP contribution in [0.25, 0.3) is 5.69 Å². The molecule has 7 heteroatoms. The summed E-state index contributed by atoms with van der Waals surface area (Å²) in [6, 6.07) is 11.1. The summed E-state index contributed by atoms with van der Waals surface area (Å²) >= 11 is 1.29. The number of aryl methyl sites for hydroxylation is 1. The molecule has 2 aromatic carbocycles. The standard InChI is InChI=1S/C19H17F2N3OS/c1-12-5-3-4-6-17(12)24-10-9-22-19(24)26-13(2)18(25)23-14-7-8-15(20)16(21)11-14/h3-11,13H,1-2H3,(H,23,25). The van der Waals surface area contributed by atoms with Gasteiger partial charge in [0.1, 0.15) is 0 Å². The van der Waals surface area contributed by atoms with Crippen LogP contribution in [-0.2, 0) is 4.79 Å². The molecule has 1 N–H and O–H groups in total. The van der Waals surface area contributed by atoms with E-state index in [0.29, 0.717) is 5.16 Å². The van der Waals surface area contributed by atoms with Crippen molar-refractivity contribution in [3.05, 3.63) is 72.1 Å². The highest BCUT2D eigenvalue weighted by molar-refractivity contribution is 8.00. The van der Waals surface area contributed by atoms with Crippen LogP contribution in [0.4, 0.5) is 14.5 Å². The van der Waals surface area contributed by atoms with Gasteiger partial charge in [0.05, 0.1) is 10.9 Å². The number of hydrogen-bond donors (Lipinski definition) is 1. The first-order chi connectivity index (χ1) is 12.5. The summed E-state index contributed by atoms with van der Waals surface area (Å²) in [5.74, 6) is -2.27. The molecule has 1 atom stereocenters. The number of rotatable bonds is 5. The van der Waals surface area contributed by atoms with Crippen molar-refractivity contribution in [1.29, 1.82) is 0 Å². The van der Waals surface area contributed by atoms with Crippen LogP contribution < -0.4 is 5.32 Å². The molecule has 3 aromatic rings. The molecule has 0 spiro atoms. The first kappa shape index (κ1) is 18.1. The van der Waals surface area contributed by atoms with Gasteiger partial charge in [-0.25, -0.2) is 13.8 Å². The molecule has 4 nitrogen and oxygen atoms in total. The number of nitrogens with zero attached hydrogens (tertiary/aromatic N) is 2. The molecule has 1 aromatic heterocycles. The number of amides is 1. The lowest BCUT2D eigenvalue weighted by molar-refractivity contribution is -0.115. The zero-order chi connectivity index (χ0) is 18.7. The maximum Gasteiger partial charge on any atom is 0.237 e. The molecule has 0 saturated heterocycles. The Labute approximate surface area is 154 Å². The maximum absolute atomic E-state index is 13.3. The Bertz CT molecular complexity index is 942. The number of aromatic nitrogens is 2. The molecule has 0 aliphatic heterocycles. The van der Waals surface area contributed by atoms with Crippen molar-refractivity contribution < 1.29 is 13.6 Å². The second-order valence-electron chi connectivity index (χ2n) is 5.74. The van der Waals surface area contributed by atoms with Gasteiger partial charge in [-0.1, -0.05) is 30.0 Å².